The van der Waals surface area contributed by atoms with E-state index in [0.717, 1.165) is 39.7 Å². The van der Waals surface area contributed by atoms with Crippen molar-refractivity contribution in [2.24, 2.45) is 0 Å². The largest absolute Gasteiger partial charge is 0.369 e. The summed E-state index contributed by atoms with van der Waals surface area (Å²) in [5, 5.41) is 8.91. The summed E-state index contributed by atoms with van der Waals surface area (Å²) in [5.41, 5.74) is 5.86. The van der Waals surface area contributed by atoms with E-state index in [-0.39, 0.29) is 0 Å². The van der Waals surface area contributed by atoms with Crippen molar-refractivity contribution in [1.82, 2.24) is 24.3 Å². The average molecular weight is 381 g/mol. The summed E-state index contributed by atoms with van der Waals surface area (Å²) >= 11 is 0. The van der Waals surface area contributed by atoms with Crippen molar-refractivity contribution in [3.8, 4) is 29.4 Å². The molecule has 0 spiro atoms. The van der Waals surface area contributed by atoms with E-state index in [4.69, 9.17) is 11.2 Å². The fourth-order valence-corrected chi connectivity index (χ4v) is 3.68. The van der Waals surface area contributed by atoms with Gasteiger partial charge in [-0.2, -0.15) is 0 Å². The Kier molecular flexibility index (Phi) is 4.23. The molecule has 4 aromatic rings. The van der Waals surface area contributed by atoms with Crippen molar-refractivity contribution in [2.45, 2.75) is 26.7 Å². The topological polar surface area (TPSA) is 57.8 Å². The van der Waals surface area contributed by atoms with E-state index in [1.807, 2.05) is 34.9 Å². The molecule has 29 heavy (non-hydrogen) atoms. The Labute approximate surface area is 168 Å². The van der Waals surface area contributed by atoms with Gasteiger partial charge in [0.05, 0.1) is 24.5 Å². The highest BCUT2D eigenvalue weighted by atomic mass is 16.5. The SMILES string of the molecule is C#Cc1ncn2c1Cn1c(COCc3ccccc3)nnc1-c1cc(C)ccc1-2. The molecule has 0 saturated carbocycles. The zero-order valence-electron chi connectivity index (χ0n) is 16.0. The Morgan fingerprint density at radius 2 is 1.97 bits per heavy atom. The molecule has 142 valence electrons. The third kappa shape index (κ3) is 3.02. The number of aryl methyl sites for hydroxylation is 1. The van der Waals surface area contributed by atoms with Gasteiger partial charge in [0.2, 0.25) is 0 Å². The molecule has 0 fully saturated rings. The molecule has 2 aromatic carbocycles. The Bertz CT molecular complexity index is 1230. The van der Waals surface area contributed by atoms with Crippen molar-refractivity contribution in [3.05, 3.63) is 83.2 Å². The third-order valence-corrected chi connectivity index (χ3v) is 5.13. The van der Waals surface area contributed by atoms with E-state index in [0.29, 0.717) is 25.5 Å². The van der Waals surface area contributed by atoms with Crippen molar-refractivity contribution in [1.29, 1.82) is 0 Å². The average Bonchev–Trinajstić information content (AvgIpc) is 3.30. The molecule has 6 nitrogen and oxygen atoms in total. The number of benzene rings is 2. The molecule has 1 aliphatic heterocycles. The minimum Gasteiger partial charge on any atom is -0.369 e. The lowest BCUT2D eigenvalue weighted by Crippen LogP contribution is -2.09. The molecule has 1 aliphatic rings. The molecule has 6 heteroatoms. The maximum Gasteiger partial charge on any atom is 0.166 e. The van der Waals surface area contributed by atoms with E-state index in [1.54, 1.807) is 6.33 Å². The summed E-state index contributed by atoms with van der Waals surface area (Å²) < 4.78 is 10.0. The van der Waals surface area contributed by atoms with E-state index in [1.165, 1.54) is 0 Å². The van der Waals surface area contributed by atoms with Gasteiger partial charge in [0.1, 0.15) is 18.6 Å². The van der Waals surface area contributed by atoms with Crippen molar-refractivity contribution in [2.75, 3.05) is 0 Å². The molecule has 0 unspecified atom stereocenters. The summed E-state index contributed by atoms with van der Waals surface area (Å²) in [6, 6.07) is 16.4. The van der Waals surface area contributed by atoms with Crippen LogP contribution in [0.5, 0.6) is 0 Å². The Morgan fingerprint density at radius 1 is 1.10 bits per heavy atom. The van der Waals surface area contributed by atoms with Gasteiger partial charge in [0.25, 0.3) is 0 Å². The fraction of sp³-hybridized carbons (Fsp3) is 0.174. The van der Waals surface area contributed by atoms with Gasteiger partial charge in [-0.15, -0.1) is 16.6 Å². The first-order chi connectivity index (χ1) is 14.2. The minimum absolute atomic E-state index is 0.364. The molecule has 2 aromatic heterocycles. The fourth-order valence-electron chi connectivity index (χ4n) is 3.68. The zero-order chi connectivity index (χ0) is 19.8. The maximum absolute atomic E-state index is 5.92. The first kappa shape index (κ1) is 17.4. The number of aromatic nitrogens is 5. The Hall–Kier alpha value is -3.69. The quantitative estimate of drug-likeness (QED) is 0.447. The number of ether oxygens (including phenoxy) is 1. The zero-order valence-corrected chi connectivity index (χ0v) is 16.0. The van der Waals surface area contributed by atoms with Crippen LogP contribution in [-0.4, -0.2) is 24.3 Å². The molecule has 3 heterocycles. The number of hydrogen-bond acceptors (Lipinski definition) is 4. The lowest BCUT2D eigenvalue weighted by atomic mass is 10.1. The predicted molar refractivity (Wildman–Crippen MR) is 109 cm³/mol. The smallest absolute Gasteiger partial charge is 0.166 e. The van der Waals surface area contributed by atoms with E-state index in [9.17, 15) is 0 Å². The first-order valence-electron chi connectivity index (χ1n) is 9.42. The summed E-state index contributed by atoms with van der Waals surface area (Å²) in [7, 11) is 0. The number of hydrogen-bond donors (Lipinski definition) is 0. The molecule has 5 rings (SSSR count). The summed E-state index contributed by atoms with van der Waals surface area (Å²) in [6.07, 6.45) is 7.48. The van der Waals surface area contributed by atoms with Crippen LogP contribution in [0.25, 0.3) is 17.1 Å². The van der Waals surface area contributed by atoms with Gasteiger partial charge in [0.15, 0.2) is 11.6 Å². The molecule has 0 amide bonds. The van der Waals surface area contributed by atoms with Crippen LogP contribution in [0.4, 0.5) is 0 Å². The number of nitrogens with zero attached hydrogens (tertiary/aromatic N) is 5. The molecule has 0 N–H and O–H groups in total. The van der Waals surface area contributed by atoms with Crippen LogP contribution in [0.2, 0.25) is 0 Å². The van der Waals surface area contributed by atoms with Crippen LogP contribution in [0.15, 0.2) is 54.9 Å². The van der Waals surface area contributed by atoms with Crippen LogP contribution < -0.4 is 0 Å². The number of terminal acetylenes is 1. The minimum atomic E-state index is 0.364. The van der Waals surface area contributed by atoms with E-state index in [2.05, 4.69) is 50.8 Å². The lowest BCUT2D eigenvalue weighted by Gasteiger charge is -2.09. The van der Waals surface area contributed by atoms with Gasteiger partial charge in [-0.25, -0.2) is 4.98 Å². The highest BCUT2D eigenvalue weighted by Crippen LogP contribution is 2.33. The summed E-state index contributed by atoms with van der Waals surface area (Å²) in [6.45, 7) is 3.49. The summed E-state index contributed by atoms with van der Waals surface area (Å²) in [5.74, 6) is 4.27. The predicted octanol–water partition coefficient (Wildman–Crippen LogP) is 3.50. The monoisotopic (exact) mass is 381 g/mol. The van der Waals surface area contributed by atoms with Gasteiger partial charge in [0, 0.05) is 5.56 Å². The number of fused-ring (bicyclic) bond motifs is 5. The molecule has 0 aliphatic carbocycles. The molecule has 0 atom stereocenters. The second-order valence-electron chi connectivity index (χ2n) is 7.08. The van der Waals surface area contributed by atoms with Crippen LogP contribution in [0, 0.1) is 19.3 Å². The highest BCUT2D eigenvalue weighted by molar-refractivity contribution is 5.70. The lowest BCUT2D eigenvalue weighted by molar-refractivity contribution is 0.0994. The van der Waals surface area contributed by atoms with Crippen molar-refractivity contribution >= 4 is 0 Å². The molecule has 0 bridgehead atoms. The van der Waals surface area contributed by atoms with Gasteiger partial charge < -0.3 is 9.30 Å². The van der Waals surface area contributed by atoms with Crippen LogP contribution in [0.3, 0.4) is 0 Å². The second-order valence-corrected chi connectivity index (χ2v) is 7.08. The van der Waals surface area contributed by atoms with Gasteiger partial charge >= 0.3 is 0 Å². The molecule has 0 saturated heterocycles. The Balaban J connectivity index is 1.54. The van der Waals surface area contributed by atoms with Crippen LogP contribution in [-0.2, 0) is 24.5 Å². The van der Waals surface area contributed by atoms with Crippen molar-refractivity contribution in [3.63, 3.8) is 0 Å². The molecular formula is C23H19N5O. The normalized spacial score (nSPS) is 11.9. The van der Waals surface area contributed by atoms with E-state index < -0.39 is 0 Å². The Morgan fingerprint density at radius 3 is 2.79 bits per heavy atom. The second kappa shape index (κ2) is 7.04. The first-order valence-corrected chi connectivity index (χ1v) is 9.42. The van der Waals surface area contributed by atoms with Gasteiger partial charge in [-0.3, -0.25) is 4.57 Å². The molecule has 0 radical (unpaired) electrons. The van der Waals surface area contributed by atoms with Gasteiger partial charge in [-0.1, -0.05) is 42.0 Å². The van der Waals surface area contributed by atoms with Crippen LogP contribution >= 0.6 is 0 Å². The highest BCUT2D eigenvalue weighted by Gasteiger charge is 2.25. The number of rotatable bonds is 4. The number of imidazole rings is 1. The van der Waals surface area contributed by atoms with E-state index >= 15 is 0 Å². The van der Waals surface area contributed by atoms with Crippen molar-refractivity contribution < 1.29 is 4.74 Å². The maximum atomic E-state index is 5.92. The van der Waals surface area contributed by atoms with Crippen LogP contribution in [0.1, 0.15) is 28.3 Å². The summed E-state index contributed by atoms with van der Waals surface area (Å²) in [4.78, 5) is 4.41. The van der Waals surface area contributed by atoms with Gasteiger partial charge in [-0.05, 0) is 30.5 Å². The standard InChI is InChI=1S/C23H19N5O/c1-3-19-21-12-27-22(14-29-13-17-7-5-4-6-8-17)25-26-23(27)18-11-16(2)9-10-20(18)28(21)15-24-19/h1,4-11,15H,12-14H2,2H3. The molecular weight excluding hydrogens is 362 g/mol. The third-order valence-electron chi connectivity index (χ3n) is 5.13.